The number of hydrogen-bond acceptors (Lipinski definition) is 5. The predicted molar refractivity (Wildman–Crippen MR) is 107 cm³/mol. The Kier molecular flexibility index (Phi) is 5.90. The second-order valence-electron chi connectivity index (χ2n) is 6.01. The summed E-state index contributed by atoms with van der Waals surface area (Å²) < 4.78 is 42.0. The smallest absolute Gasteiger partial charge is 0.323 e. The zero-order valence-corrected chi connectivity index (χ0v) is 16.6. The Balaban J connectivity index is 1.95. The number of thioether (sulfide) groups is 1. The zero-order valence-electron chi connectivity index (χ0n) is 14.9. The van der Waals surface area contributed by atoms with Crippen LogP contribution in [-0.2, 0) is 27.8 Å². The highest BCUT2D eigenvalue weighted by atomic mass is 32.2. The van der Waals surface area contributed by atoms with Crippen molar-refractivity contribution in [2.24, 2.45) is 0 Å². The number of sulfonamides is 1. The van der Waals surface area contributed by atoms with E-state index < -0.39 is 21.8 Å². The lowest BCUT2D eigenvalue weighted by Gasteiger charge is -2.09. The van der Waals surface area contributed by atoms with Gasteiger partial charge < -0.3 is 9.67 Å². The summed E-state index contributed by atoms with van der Waals surface area (Å²) in [6.45, 7) is -0.221. The van der Waals surface area contributed by atoms with Gasteiger partial charge in [-0.2, -0.15) is 11.8 Å². The van der Waals surface area contributed by atoms with E-state index in [4.69, 9.17) is 0 Å². The normalized spacial score (nSPS) is 11.6. The zero-order chi connectivity index (χ0) is 20.3. The number of aromatic nitrogens is 2. The standard InChI is InChI=1S/C18H18FN3O4S2/c1-27-9-8-17-20-15-10-13(4-7-16(15)22(17)11-18(23)24)21-28(25,26)14-5-2-12(19)3-6-14/h2-7,10,21H,8-9,11H2,1H3,(H,23,24). The molecule has 1 heterocycles. The Morgan fingerprint density at radius 2 is 1.96 bits per heavy atom. The Labute approximate surface area is 165 Å². The molecule has 0 saturated heterocycles. The molecule has 0 aliphatic rings. The minimum absolute atomic E-state index is 0.0638. The van der Waals surface area contributed by atoms with Crippen molar-refractivity contribution in [2.75, 3.05) is 16.7 Å². The molecule has 1 aromatic heterocycles. The molecule has 148 valence electrons. The summed E-state index contributed by atoms with van der Waals surface area (Å²) in [4.78, 5) is 15.6. The largest absolute Gasteiger partial charge is 0.480 e. The van der Waals surface area contributed by atoms with E-state index in [9.17, 15) is 22.7 Å². The third-order valence-electron chi connectivity index (χ3n) is 4.03. The molecule has 10 heteroatoms. The molecule has 0 amide bonds. The molecule has 0 fully saturated rings. The van der Waals surface area contributed by atoms with E-state index in [1.165, 1.54) is 12.1 Å². The molecule has 0 spiro atoms. The average Bonchev–Trinajstić information content (AvgIpc) is 2.96. The number of halogens is 1. The molecule has 3 aromatic rings. The van der Waals surface area contributed by atoms with E-state index in [0.717, 1.165) is 17.9 Å². The summed E-state index contributed by atoms with van der Waals surface area (Å²) in [7, 11) is -3.88. The van der Waals surface area contributed by atoms with Gasteiger partial charge in [-0.1, -0.05) is 0 Å². The predicted octanol–water partition coefficient (Wildman–Crippen LogP) is 2.97. The van der Waals surface area contributed by atoms with Crippen LogP contribution in [0.3, 0.4) is 0 Å². The Hall–Kier alpha value is -2.59. The fourth-order valence-electron chi connectivity index (χ4n) is 2.77. The average molecular weight is 423 g/mol. The number of fused-ring (bicyclic) bond motifs is 1. The highest BCUT2D eigenvalue weighted by molar-refractivity contribution is 7.98. The molecule has 0 radical (unpaired) electrons. The van der Waals surface area contributed by atoms with Crippen molar-refractivity contribution in [3.05, 3.63) is 54.1 Å². The van der Waals surface area contributed by atoms with Crippen molar-refractivity contribution in [3.8, 4) is 0 Å². The molecule has 0 saturated carbocycles. The third kappa shape index (κ3) is 4.45. The fraction of sp³-hybridized carbons (Fsp3) is 0.222. The van der Waals surface area contributed by atoms with Crippen LogP contribution in [0.4, 0.5) is 10.1 Å². The van der Waals surface area contributed by atoms with Crippen LogP contribution in [0.15, 0.2) is 47.4 Å². The van der Waals surface area contributed by atoms with E-state index in [1.54, 1.807) is 34.5 Å². The van der Waals surface area contributed by atoms with Crippen LogP contribution in [0.1, 0.15) is 5.82 Å². The van der Waals surface area contributed by atoms with Gasteiger partial charge >= 0.3 is 5.97 Å². The molecule has 28 heavy (non-hydrogen) atoms. The summed E-state index contributed by atoms with van der Waals surface area (Å²) in [5.74, 6) is -0.0920. The second-order valence-corrected chi connectivity index (χ2v) is 8.68. The fourth-order valence-corrected chi connectivity index (χ4v) is 4.20. The van der Waals surface area contributed by atoms with Crippen LogP contribution in [0, 0.1) is 5.82 Å². The molecular formula is C18H18FN3O4S2. The number of carboxylic acid groups (broad SMARTS) is 1. The minimum atomic E-state index is -3.88. The summed E-state index contributed by atoms with van der Waals surface area (Å²) in [6.07, 6.45) is 2.55. The number of aliphatic carboxylic acids is 1. The van der Waals surface area contributed by atoms with E-state index in [2.05, 4.69) is 9.71 Å². The number of nitrogens with one attached hydrogen (secondary N) is 1. The number of carbonyl (C=O) groups is 1. The van der Waals surface area contributed by atoms with Gasteiger partial charge in [-0.25, -0.2) is 17.8 Å². The van der Waals surface area contributed by atoms with Gasteiger partial charge in [0.2, 0.25) is 0 Å². The van der Waals surface area contributed by atoms with E-state index >= 15 is 0 Å². The number of aryl methyl sites for hydroxylation is 1. The first-order valence-corrected chi connectivity index (χ1v) is 11.2. The molecule has 0 aliphatic heterocycles. The van der Waals surface area contributed by atoms with Crippen molar-refractivity contribution < 1.29 is 22.7 Å². The number of carboxylic acids is 1. The highest BCUT2D eigenvalue weighted by Crippen LogP contribution is 2.24. The van der Waals surface area contributed by atoms with Gasteiger partial charge in [0.15, 0.2) is 0 Å². The molecular weight excluding hydrogens is 405 g/mol. The maximum Gasteiger partial charge on any atom is 0.323 e. The summed E-state index contributed by atoms with van der Waals surface area (Å²) in [5, 5.41) is 9.18. The van der Waals surface area contributed by atoms with Gasteiger partial charge in [0.1, 0.15) is 18.2 Å². The molecule has 3 rings (SSSR count). The van der Waals surface area contributed by atoms with Crippen molar-refractivity contribution in [3.63, 3.8) is 0 Å². The number of benzene rings is 2. The Morgan fingerprint density at radius 1 is 1.25 bits per heavy atom. The van der Waals surface area contributed by atoms with Gasteiger partial charge in [0.05, 0.1) is 21.6 Å². The quantitative estimate of drug-likeness (QED) is 0.578. The maximum absolute atomic E-state index is 13.0. The first-order chi connectivity index (χ1) is 13.3. The van der Waals surface area contributed by atoms with Gasteiger partial charge in [-0.3, -0.25) is 9.52 Å². The van der Waals surface area contributed by atoms with Crippen LogP contribution >= 0.6 is 11.8 Å². The lowest BCUT2D eigenvalue weighted by molar-refractivity contribution is -0.137. The monoisotopic (exact) mass is 423 g/mol. The molecule has 2 N–H and O–H groups in total. The van der Waals surface area contributed by atoms with Crippen LogP contribution in [0.2, 0.25) is 0 Å². The summed E-state index contributed by atoms with van der Waals surface area (Å²) in [5.41, 5.74) is 1.40. The van der Waals surface area contributed by atoms with Gasteiger partial charge in [0, 0.05) is 12.2 Å². The van der Waals surface area contributed by atoms with E-state index in [-0.39, 0.29) is 17.1 Å². The number of nitrogens with zero attached hydrogens (tertiary/aromatic N) is 2. The molecule has 0 bridgehead atoms. The number of rotatable bonds is 8. The molecule has 0 atom stereocenters. The molecule has 7 nitrogen and oxygen atoms in total. The number of hydrogen-bond donors (Lipinski definition) is 2. The Bertz CT molecular complexity index is 1110. The summed E-state index contributed by atoms with van der Waals surface area (Å²) in [6, 6.07) is 9.23. The molecule has 2 aromatic carbocycles. The van der Waals surface area contributed by atoms with Crippen molar-refractivity contribution in [2.45, 2.75) is 17.9 Å². The van der Waals surface area contributed by atoms with Crippen molar-refractivity contribution >= 4 is 44.5 Å². The van der Waals surface area contributed by atoms with Crippen LogP contribution < -0.4 is 4.72 Å². The minimum Gasteiger partial charge on any atom is -0.480 e. The highest BCUT2D eigenvalue weighted by Gasteiger charge is 2.17. The van der Waals surface area contributed by atoms with Gasteiger partial charge in [-0.15, -0.1) is 0 Å². The van der Waals surface area contributed by atoms with Crippen molar-refractivity contribution in [1.29, 1.82) is 0 Å². The van der Waals surface area contributed by atoms with Crippen LogP contribution in [0.25, 0.3) is 11.0 Å². The van der Waals surface area contributed by atoms with E-state index in [0.29, 0.717) is 23.3 Å². The van der Waals surface area contributed by atoms with Crippen LogP contribution in [-0.4, -0.2) is 41.1 Å². The SMILES string of the molecule is CSCCc1nc2cc(NS(=O)(=O)c3ccc(F)cc3)ccc2n1CC(=O)O. The van der Waals surface area contributed by atoms with Gasteiger partial charge in [-0.05, 0) is 48.7 Å². The van der Waals surface area contributed by atoms with Crippen LogP contribution in [0.5, 0.6) is 0 Å². The second kappa shape index (κ2) is 8.19. The molecule has 0 unspecified atom stereocenters. The summed E-state index contributed by atoms with van der Waals surface area (Å²) >= 11 is 1.62. The molecule has 0 aliphatic carbocycles. The van der Waals surface area contributed by atoms with E-state index in [1.807, 2.05) is 6.26 Å². The first-order valence-electron chi connectivity index (χ1n) is 8.28. The Morgan fingerprint density at radius 3 is 2.61 bits per heavy atom. The topological polar surface area (TPSA) is 101 Å². The third-order valence-corrected chi connectivity index (χ3v) is 6.04. The van der Waals surface area contributed by atoms with Gasteiger partial charge in [0.25, 0.3) is 10.0 Å². The first kappa shape index (κ1) is 20.2. The lowest BCUT2D eigenvalue weighted by Crippen LogP contribution is -2.13. The number of anilines is 1. The van der Waals surface area contributed by atoms with Crippen molar-refractivity contribution in [1.82, 2.24) is 9.55 Å². The maximum atomic E-state index is 13.0. The number of imidazole rings is 1. The lowest BCUT2D eigenvalue weighted by atomic mass is 10.3.